The Labute approximate surface area is 105 Å². The molecule has 5 nitrogen and oxygen atoms in total. The van der Waals surface area contributed by atoms with Crippen LogP contribution in [0.3, 0.4) is 0 Å². The van der Waals surface area contributed by atoms with Gasteiger partial charge in [-0.25, -0.2) is 0 Å². The summed E-state index contributed by atoms with van der Waals surface area (Å²) in [6.45, 7) is 1.33. The Kier molecular flexibility index (Phi) is 2.74. The van der Waals surface area contributed by atoms with E-state index in [-0.39, 0.29) is 17.9 Å². The highest BCUT2D eigenvalue weighted by Crippen LogP contribution is 2.25. The van der Waals surface area contributed by atoms with Gasteiger partial charge < -0.3 is 10.2 Å². The molecule has 18 heavy (non-hydrogen) atoms. The Morgan fingerprint density at radius 2 is 2.33 bits per heavy atom. The van der Waals surface area contributed by atoms with Crippen molar-refractivity contribution in [3.63, 3.8) is 0 Å². The van der Waals surface area contributed by atoms with Gasteiger partial charge in [0, 0.05) is 37.3 Å². The van der Waals surface area contributed by atoms with Gasteiger partial charge in [-0.3, -0.25) is 14.6 Å². The molecular weight excluding hydrogens is 230 g/mol. The van der Waals surface area contributed by atoms with E-state index in [0.717, 1.165) is 5.69 Å². The first-order valence-electron chi connectivity index (χ1n) is 6.19. The molecule has 2 saturated heterocycles. The largest absolute Gasteiger partial charge is 0.351 e. The number of fused-ring (bicyclic) bond motifs is 1. The Bertz CT molecular complexity index is 458. The zero-order valence-electron chi connectivity index (χ0n) is 10.0. The van der Waals surface area contributed by atoms with Gasteiger partial charge in [0.2, 0.25) is 11.8 Å². The molecule has 0 saturated carbocycles. The van der Waals surface area contributed by atoms with E-state index in [4.69, 9.17) is 0 Å². The van der Waals surface area contributed by atoms with Crippen molar-refractivity contribution < 1.29 is 9.59 Å². The van der Waals surface area contributed by atoms with Gasteiger partial charge in [-0.1, -0.05) is 6.07 Å². The van der Waals surface area contributed by atoms with Crippen LogP contribution in [0.25, 0.3) is 0 Å². The lowest BCUT2D eigenvalue weighted by molar-refractivity contribution is -0.130. The fourth-order valence-electron chi connectivity index (χ4n) is 2.72. The van der Waals surface area contributed by atoms with Crippen molar-refractivity contribution in [2.45, 2.75) is 18.9 Å². The molecular formula is C13H15N3O2. The number of pyridine rings is 1. The SMILES string of the molecule is O=C1C[C@H]2CN(C(=O)Cc3ccccn3)C[C@H]2N1. The number of aromatic nitrogens is 1. The van der Waals surface area contributed by atoms with E-state index < -0.39 is 0 Å². The first kappa shape index (κ1) is 11.2. The van der Waals surface area contributed by atoms with Crippen LogP contribution in [0.1, 0.15) is 12.1 Å². The minimum absolute atomic E-state index is 0.0948. The minimum Gasteiger partial charge on any atom is -0.351 e. The fraction of sp³-hybridized carbons (Fsp3) is 0.462. The Morgan fingerprint density at radius 1 is 1.44 bits per heavy atom. The van der Waals surface area contributed by atoms with Crippen molar-refractivity contribution in [2.24, 2.45) is 5.92 Å². The van der Waals surface area contributed by atoms with Crippen LogP contribution >= 0.6 is 0 Å². The van der Waals surface area contributed by atoms with Gasteiger partial charge in [0.1, 0.15) is 0 Å². The predicted molar refractivity (Wildman–Crippen MR) is 64.6 cm³/mol. The molecule has 2 aliphatic rings. The molecule has 3 heterocycles. The van der Waals surface area contributed by atoms with E-state index in [9.17, 15) is 9.59 Å². The van der Waals surface area contributed by atoms with Crippen molar-refractivity contribution in [3.8, 4) is 0 Å². The number of hydrogen-bond donors (Lipinski definition) is 1. The van der Waals surface area contributed by atoms with Crippen LogP contribution in [0.2, 0.25) is 0 Å². The molecule has 1 N–H and O–H groups in total. The van der Waals surface area contributed by atoms with Gasteiger partial charge >= 0.3 is 0 Å². The summed E-state index contributed by atoms with van der Waals surface area (Å²) in [6, 6.07) is 5.74. The van der Waals surface area contributed by atoms with E-state index in [0.29, 0.717) is 31.8 Å². The zero-order chi connectivity index (χ0) is 12.5. The summed E-state index contributed by atoms with van der Waals surface area (Å²) in [5, 5.41) is 2.92. The second-order valence-electron chi connectivity index (χ2n) is 4.93. The van der Waals surface area contributed by atoms with Gasteiger partial charge in [0.15, 0.2) is 0 Å². The number of nitrogens with one attached hydrogen (secondary N) is 1. The van der Waals surface area contributed by atoms with Crippen LogP contribution in [0.5, 0.6) is 0 Å². The van der Waals surface area contributed by atoms with Gasteiger partial charge in [-0.05, 0) is 12.1 Å². The number of carbonyl (C=O) groups is 2. The Morgan fingerprint density at radius 3 is 3.06 bits per heavy atom. The number of carbonyl (C=O) groups excluding carboxylic acids is 2. The van der Waals surface area contributed by atoms with Crippen molar-refractivity contribution >= 4 is 11.8 Å². The van der Waals surface area contributed by atoms with Crippen molar-refractivity contribution in [1.29, 1.82) is 0 Å². The number of likely N-dealkylation sites (tertiary alicyclic amines) is 1. The minimum atomic E-state index is 0.0948. The van der Waals surface area contributed by atoms with E-state index >= 15 is 0 Å². The average Bonchev–Trinajstić information content (AvgIpc) is 2.87. The smallest absolute Gasteiger partial charge is 0.228 e. The molecule has 0 spiro atoms. The van der Waals surface area contributed by atoms with E-state index in [2.05, 4.69) is 10.3 Å². The molecule has 1 aromatic rings. The third-order valence-electron chi connectivity index (χ3n) is 3.65. The number of rotatable bonds is 2. The van der Waals surface area contributed by atoms with Crippen LogP contribution in [0.15, 0.2) is 24.4 Å². The molecule has 0 radical (unpaired) electrons. The van der Waals surface area contributed by atoms with Gasteiger partial charge in [-0.2, -0.15) is 0 Å². The summed E-state index contributed by atoms with van der Waals surface area (Å²) >= 11 is 0. The standard InChI is InChI=1S/C13H15N3O2/c17-12-5-9-7-16(8-11(9)15-12)13(18)6-10-3-1-2-4-14-10/h1-4,9,11H,5-8H2,(H,15,17)/t9-,11+/m0/s1. The topological polar surface area (TPSA) is 62.3 Å². The molecule has 0 aliphatic carbocycles. The van der Waals surface area contributed by atoms with Gasteiger partial charge in [0.05, 0.1) is 12.5 Å². The van der Waals surface area contributed by atoms with Gasteiger partial charge in [-0.15, -0.1) is 0 Å². The molecule has 0 bridgehead atoms. The predicted octanol–water partition coefficient (Wildman–Crippen LogP) is -0.0290. The summed E-state index contributed by atoms with van der Waals surface area (Å²) in [5.74, 6) is 0.504. The van der Waals surface area contributed by atoms with Crippen LogP contribution in [0.4, 0.5) is 0 Å². The first-order chi connectivity index (χ1) is 8.72. The molecule has 2 atom stereocenters. The molecule has 94 valence electrons. The summed E-state index contributed by atoms with van der Waals surface area (Å²) < 4.78 is 0. The van der Waals surface area contributed by atoms with E-state index in [1.165, 1.54) is 0 Å². The lowest BCUT2D eigenvalue weighted by Crippen LogP contribution is -2.36. The Balaban J connectivity index is 1.61. The monoisotopic (exact) mass is 245 g/mol. The Hall–Kier alpha value is -1.91. The maximum atomic E-state index is 12.1. The van der Waals surface area contributed by atoms with Crippen LogP contribution in [0, 0.1) is 5.92 Å². The summed E-state index contributed by atoms with van der Waals surface area (Å²) in [5.41, 5.74) is 0.795. The second-order valence-corrected chi connectivity index (χ2v) is 4.93. The number of nitrogens with zero attached hydrogens (tertiary/aromatic N) is 2. The fourth-order valence-corrected chi connectivity index (χ4v) is 2.72. The second kappa shape index (κ2) is 4.40. The van der Waals surface area contributed by atoms with Crippen molar-refractivity contribution in [3.05, 3.63) is 30.1 Å². The molecule has 0 unspecified atom stereocenters. The van der Waals surface area contributed by atoms with Crippen LogP contribution < -0.4 is 5.32 Å². The summed E-state index contributed by atoms with van der Waals surface area (Å²) in [6.07, 6.45) is 2.59. The summed E-state index contributed by atoms with van der Waals surface area (Å²) in [7, 11) is 0. The quantitative estimate of drug-likeness (QED) is 0.796. The van der Waals surface area contributed by atoms with E-state index in [1.54, 1.807) is 6.20 Å². The van der Waals surface area contributed by atoms with Crippen LogP contribution in [-0.2, 0) is 16.0 Å². The third kappa shape index (κ3) is 2.08. The summed E-state index contributed by atoms with van der Waals surface area (Å²) in [4.78, 5) is 29.3. The van der Waals surface area contributed by atoms with Gasteiger partial charge in [0.25, 0.3) is 0 Å². The normalized spacial score (nSPS) is 26.0. The highest BCUT2D eigenvalue weighted by molar-refractivity contribution is 5.82. The van der Waals surface area contributed by atoms with Crippen molar-refractivity contribution in [1.82, 2.24) is 15.2 Å². The van der Waals surface area contributed by atoms with Crippen molar-refractivity contribution in [2.75, 3.05) is 13.1 Å². The lowest BCUT2D eigenvalue weighted by Gasteiger charge is -2.16. The highest BCUT2D eigenvalue weighted by Gasteiger charge is 2.41. The molecule has 2 amide bonds. The maximum absolute atomic E-state index is 12.1. The average molecular weight is 245 g/mol. The molecule has 2 aliphatic heterocycles. The maximum Gasteiger partial charge on any atom is 0.228 e. The number of hydrogen-bond acceptors (Lipinski definition) is 3. The first-order valence-corrected chi connectivity index (χ1v) is 6.19. The van der Waals surface area contributed by atoms with Crippen LogP contribution in [-0.4, -0.2) is 40.8 Å². The number of amides is 2. The molecule has 0 aromatic carbocycles. The lowest BCUT2D eigenvalue weighted by atomic mass is 10.1. The highest BCUT2D eigenvalue weighted by atomic mass is 16.2. The molecule has 1 aromatic heterocycles. The molecule has 2 fully saturated rings. The molecule has 3 rings (SSSR count). The molecule has 5 heteroatoms. The third-order valence-corrected chi connectivity index (χ3v) is 3.65. The van der Waals surface area contributed by atoms with E-state index in [1.807, 2.05) is 23.1 Å². The zero-order valence-corrected chi connectivity index (χ0v) is 10.0.